The van der Waals surface area contributed by atoms with Crippen LogP contribution >= 0.6 is 0 Å². The first kappa shape index (κ1) is 34.1. The van der Waals surface area contributed by atoms with E-state index in [4.69, 9.17) is 28.1 Å². The summed E-state index contributed by atoms with van der Waals surface area (Å²) in [6.07, 6.45) is -17.9. The number of phenolic OH excluding ortho intramolecular Hbond substituents is 4. The number of aliphatic hydroxyl groups excluding tert-OH is 6. The number of hydrogen-bond acceptors (Lipinski definition) is 18. The van der Waals surface area contributed by atoms with Crippen LogP contribution in [0.25, 0.3) is 22.3 Å². The molecule has 47 heavy (non-hydrogen) atoms. The maximum absolute atomic E-state index is 12.9. The molecule has 1 aromatic heterocycles. The molecule has 5 rings (SSSR count). The molecule has 2 aliphatic heterocycles. The zero-order valence-electron chi connectivity index (χ0n) is 24.3. The third-order valence-electron chi connectivity index (χ3n) is 7.66. The van der Waals surface area contributed by atoms with E-state index < -0.39 is 126 Å². The predicted octanol–water partition coefficient (Wildman–Crippen LogP) is -2.14. The van der Waals surface area contributed by atoms with Gasteiger partial charge >= 0.3 is 5.97 Å². The van der Waals surface area contributed by atoms with Gasteiger partial charge in [0.25, 0.3) is 0 Å². The van der Waals surface area contributed by atoms with Gasteiger partial charge in [0.2, 0.25) is 12.0 Å². The van der Waals surface area contributed by atoms with E-state index in [2.05, 4.69) is 0 Å². The Hall–Kier alpha value is -4.24. The molecule has 10 atom stereocenters. The Morgan fingerprint density at radius 3 is 2.15 bits per heavy atom. The zero-order chi connectivity index (χ0) is 34.3. The molecule has 2 fully saturated rings. The minimum absolute atomic E-state index is 0.0989. The topological polar surface area (TPSA) is 296 Å². The Morgan fingerprint density at radius 2 is 1.49 bits per heavy atom. The Kier molecular flexibility index (Phi) is 9.78. The Morgan fingerprint density at radius 1 is 0.809 bits per heavy atom. The molecular weight excluding hydrogens is 636 g/mol. The number of carbonyl (C=O) groups is 1. The van der Waals surface area contributed by atoms with Crippen LogP contribution in [0.4, 0.5) is 0 Å². The summed E-state index contributed by atoms with van der Waals surface area (Å²) in [5.74, 6) is -4.20. The number of rotatable bonds is 8. The number of aromatic hydroxyl groups is 4. The number of aliphatic hydroxyl groups is 6. The minimum Gasteiger partial charge on any atom is -0.507 e. The van der Waals surface area contributed by atoms with Gasteiger partial charge in [0.15, 0.2) is 40.7 Å². The SMILES string of the molecule is CC(=O)OC[C@H]1O[C@@H](O[C@H]2[C@H](Oc3cc(O)c4c(=O)cc(-c5ccc(O)c(O)c5)oc4c3O)O[C@H](CO)[C@@H](O)[C@@H]2O)[C@H](O)[C@H](O)[C@@H]1O. The van der Waals surface area contributed by atoms with Crippen LogP contribution in [-0.2, 0) is 23.7 Å². The van der Waals surface area contributed by atoms with Gasteiger partial charge in [-0.05, 0) is 18.2 Å². The average molecular weight is 669 g/mol. The van der Waals surface area contributed by atoms with Crippen LogP contribution in [0.2, 0.25) is 0 Å². The van der Waals surface area contributed by atoms with E-state index in [1.165, 1.54) is 6.07 Å². The summed E-state index contributed by atoms with van der Waals surface area (Å²) in [5, 5.41) is 103. The van der Waals surface area contributed by atoms with Crippen molar-refractivity contribution in [1.29, 1.82) is 0 Å². The molecular formula is C29H32O18. The normalized spacial score (nSPS) is 31.0. The van der Waals surface area contributed by atoms with Crippen molar-refractivity contribution in [3.63, 3.8) is 0 Å². The number of ether oxygens (including phenoxy) is 5. The van der Waals surface area contributed by atoms with E-state index in [9.17, 15) is 60.7 Å². The van der Waals surface area contributed by atoms with Crippen molar-refractivity contribution in [2.75, 3.05) is 13.2 Å². The second-order valence-electron chi connectivity index (χ2n) is 10.9. The highest BCUT2D eigenvalue weighted by atomic mass is 16.8. The van der Waals surface area contributed by atoms with Gasteiger partial charge in [-0.1, -0.05) is 0 Å². The molecule has 18 nitrogen and oxygen atoms in total. The molecule has 2 saturated heterocycles. The Balaban J connectivity index is 1.50. The van der Waals surface area contributed by atoms with E-state index in [1.54, 1.807) is 0 Å². The molecule has 0 amide bonds. The van der Waals surface area contributed by atoms with Crippen LogP contribution in [0.3, 0.4) is 0 Å². The molecule has 0 bridgehead atoms. The molecule has 0 aliphatic carbocycles. The number of benzene rings is 2. The molecule has 3 heterocycles. The van der Waals surface area contributed by atoms with E-state index >= 15 is 0 Å². The first-order chi connectivity index (χ1) is 22.2. The highest BCUT2D eigenvalue weighted by Crippen LogP contribution is 2.42. The summed E-state index contributed by atoms with van der Waals surface area (Å²) in [4.78, 5) is 24.2. The molecule has 18 heteroatoms. The zero-order valence-corrected chi connectivity index (χ0v) is 24.3. The van der Waals surface area contributed by atoms with Gasteiger partial charge in [-0.25, -0.2) is 0 Å². The number of carbonyl (C=O) groups excluding carboxylic acids is 1. The van der Waals surface area contributed by atoms with Gasteiger partial charge in [-0.2, -0.15) is 0 Å². The molecule has 2 aromatic carbocycles. The van der Waals surface area contributed by atoms with Crippen LogP contribution in [0, 0.1) is 0 Å². The molecule has 256 valence electrons. The average Bonchev–Trinajstić information content (AvgIpc) is 3.03. The minimum atomic E-state index is -1.97. The van der Waals surface area contributed by atoms with Crippen LogP contribution in [0.1, 0.15) is 6.92 Å². The van der Waals surface area contributed by atoms with Gasteiger partial charge in [0.1, 0.15) is 66.2 Å². The van der Waals surface area contributed by atoms with Crippen LogP contribution in [-0.4, -0.2) is 132 Å². The fourth-order valence-electron chi connectivity index (χ4n) is 5.13. The van der Waals surface area contributed by atoms with E-state index in [0.717, 1.165) is 31.2 Å². The lowest BCUT2D eigenvalue weighted by Gasteiger charge is -2.45. The van der Waals surface area contributed by atoms with Crippen molar-refractivity contribution in [2.24, 2.45) is 0 Å². The highest BCUT2D eigenvalue weighted by molar-refractivity contribution is 5.91. The van der Waals surface area contributed by atoms with Crippen LogP contribution < -0.4 is 10.2 Å². The number of fused-ring (bicyclic) bond motifs is 1. The Labute approximate surface area is 263 Å². The second kappa shape index (κ2) is 13.5. The fraction of sp³-hybridized carbons (Fsp3) is 0.448. The number of esters is 1. The molecule has 0 radical (unpaired) electrons. The standard InChI is InChI=1S/C29H32O18/c1-9(31)42-8-18-21(37)23(39)25(41)28(46-18)47-27-24(40)20(36)17(7-30)45-29(27)44-16-6-14(35)19-13(34)5-15(43-26(19)22(16)38)10-2-3-11(32)12(33)4-10/h2-6,17-18,20-21,23-25,27-30,32-33,35-41H,7-8H2,1H3/t17-,18-,20-,21-,23-,24+,25-,27-,28+,29-/m1/s1. The van der Waals surface area contributed by atoms with Gasteiger partial charge in [0, 0.05) is 24.6 Å². The Bertz CT molecular complexity index is 1670. The fourth-order valence-corrected chi connectivity index (χ4v) is 5.13. The van der Waals surface area contributed by atoms with E-state index in [1.807, 2.05) is 0 Å². The predicted molar refractivity (Wildman–Crippen MR) is 151 cm³/mol. The van der Waals surface area contributed by atoms with Crippen molar-refractivity contribution >= 4 is 16.9 Å². The van der Waals surface area contributed by atoms with Gasteiger partial charge in [0.05, 0.1) is 6.61 Å². The quantitative estimate of drug-likeness (QED) is 0.0695. The largest absolute Gasteiger partial charge is 0.507 e. The maximum atomic E-state index is 12.9. The van der Waals surface area contributed by atoms with Crippen molar-refractivity contribution in [2.45, 2.75) is 68.3 Å². The molecule has 10 N–H and O–H groups in total. The van der Waals surface area contributed by atoms with E-state index in [0.29, 0.717) is 0 Å². The van der Waals surface area contributed by atoms with Gasteiger partial charge in [-0.15, -0.1) is 0 Å². The van der Waals surface area contributed by atoms with Crippen LogP contribution in [0.15, 0.2) is 39.5 Å². The second-order valence-corrected chi connectivity index (χ2v) is 10.9. The summed E-state index contributed by atoms with van der Waals surface area (Å²) >= 11 is 0. The maximum Gasteiger partial charge on any atom is 0.302 e. The molecule has 0 spiro atoms. The van der Waals surface area contributed by atoms with E-state index in [-0.39, 0.29) is 11.3 Å². The van der Waals surface area contributed by atoms with Crippen molar-refractivity contribution in [3.8, 4) is 40.1 Å². The summed E-state index contributed by atoms with van der Waals surface area (Å²) in [5.41, 5.74) is -1.32. The molecule has 2 aliphatic rings. The lowest BCUT2D eigenvalue weighted by molar-refractivity contribution is -0.358. The summed E-state index contributed by atoms with van der Waals surface area (Å²) in [6.45, 7) is -0.342. The summed E-state index contributed by atoms with van der Waals surface area (Å²) in [7, 11) is 0. The lowest BCUT2D eigenvalue weighted by atomic mass is 9.97. The van der Waals surface area contributed by atoms with Gasteiger partial charge in [-0.3, -0.25) is 9.59 Å². The first-order valence-corrected chi connectivity index (χ1v) is 14.0. The first-order valence-electron chi connectivity index (χ1n) is 14.0. The monoisotopic (exact) mass is 668 g/mol. The summed E-state index contributed by atoms with van der Waals surface area (Å²) in [6, 6.07) is 5.25. The number of hydrogen-bond donors (Lipinski definition) is 10. The lowest BCUT2D eigenvalue weighted by Crippen LogP contribution is -2.65. The molecule has 0 unspecified atom stereocenters. The van der Waals surface area contributed by atoms with Crippen molar-refractivity contribution in [3.05, 3.63) is 40.6 Å². The van der Waals surface area contributed by atoms with Crippen LogP contribution in [0.5, 0.6) is 28.7 Å². The number of phenols is 4. The molecule has 0 saturated carbocycles. The van der Waals surface area contributed by atoms with Gasteiger partial charge < -0.3 is 79.2 Å². The smallest absolute Gasteiger partial charge is 0.302 e. The van der Waals surface area contributed by atoms with Crippen molar-refractivity contribution < 1.29 is 84.0 Å². The molecule has 3 aromatic rings. The van der Waals surface area contributed by atoms with Crippen molar-refractivity contribution in [1.82, 2.24) is 0 Å². The summed E-state index contributed by atoms with van der Waals surface area (Å²) < 4.78 is 32.8. The third-order valence-corrected chi connectivity index (χ3v) is 7.66. The highest BCUT2D eigenvalue weighted by Gasteiger charge is 2.51. The third kappa shape index (κ3) is 6.63.